The number of aromatic nitrogens is 1. The average molecular weight is 433 g/mol. The first-order valence-electron chi connectivity index (χ1n) is 11.6. The number of hydrogen-bond acceptors (Lipinski definition) is 4. The maximum atomic E-state index is 12.9. The largest absolute Gasteiger partial charge is 0.497 e. The number of ether oxygens (including phenoxy) is 1. The molecule has 6 heteroatoms. The van der Waals surface area contributed by atoms with Crippen LogP contribution in [0.3, 0.4) is 0 Å². The molecule has 0 saturated carbocycles. The zero-order chi connectivity index (χ0) is 22.2. The van der Waals surface area contributed by atoms with Crippen LogP contribution < -0.4 is 15.0 Å². The van der Waals surface area contributed by atoms with E-state index in [9.17, 15) is 4.79 Å². The highest BCUT2D eigenvalue weighted by Gasteiger charge is 2.33. The van der Waals surface area contributed by atoms with Crippen molar-refractivity contribution >= 4 is 28.2 Å². The summed E-state index contributed by atoms with van der Waals surface area (Å²) in [6, 6.07) is 15.3. The molecule has 2 aliphatic heterocycles. The van der Waals surface area contributed by atoms with Crippen molar-refractivity contribution in [3.8, 4) is 5.75 Å². The van der Waals surface area contributed by atoms with Crippen molar-refractivity contribution in [2.75, 3.05) is 37.0 Å². The van der Waals surface area contributed by atoms with Gasteiger partial charge in [-0.3, -0.25) is 9.69 Å². The van der Waals surface area contributed by atoms with Crippen LogP contribution in [-0.4, -0.2) is 54.6 Å². The molecule has 168 valence electrons. The molecule has 0 radical (unpaired) electrons. The molecule has 32 heavy (non-hydrogen) atoms. The zero-order valence-corrected chi connectivity index (χ0v) is 19.1. The fourth-order valence-electron chi connectivity index (χ4n) is 5.28. The fraction of sp³-hybridized carbons (Fsp3) is 0.423. The highest BCUT2D eigenvalue weighted by Crippen LogP contribution is 2.30. The van der Waals surface area contributed by atoms with Crippen molar-refractivity contribution in [1.29, 1.82) is 0 Å². The van der Waals surface area contributed by atoms with Crippen LogP contribution in [-0.2, 0) is 0 Å². The van der Waals surface area contributed by atoms with Gasteiger partial charge in [0.2, 0.25) is 0 Å². The van der Waals surface area contributed by atoms with Crippen LogP contribution in [0, 0.1) is 6.92 Å². The van der Waals surface area contributed by atoms with Gasteiger partial charge in [-0.05, 0) is 87.7 Å². The SMILES string of the molecule is COc1ccc2[nH]c(C(=O)Nc3ccc(N4CCC(N5CCCC5C)C4)cc3C)cc2c1. The van der Waals surface area contributed by atoms with Crippen molar-refractivity contribution in [2.45, 2.75) is 45.2 Å². The fourth-order valence-corrected chi connectivity index (χ4v) is 5.28. The number of aromatic amines is 1. The number of benzene rings is 2. The molecule has 2 aromatic carbocycles. The van der Waals surface area contributed by atoms with E-state index in [4.69, 9.17) is 4.74 Å². The van der Waals surface area contributed by atoms with Crippen molar-refractivity contribution in [2.24, 2.45) is 0 Å². The first-order chi connectivity index (χ1) is 15.5. The Morgan fingerprint density at radius 2 is 2.00 bits per heavy atom. The molecule has 0 bridgehead atoms. The molecule has 0 aliphatic carbocycles. The Morgan fingerprint density at radius 3 is 2.75 bits per heavy atom. The van der Waals surface area contributed by atoms with Gasteiger partial charge in [-0.1, -0.05) is 0 Å². The number of fused-ring (bicyclic) bond motifs is 1. The number of methoxy groups -OCH3 is 1. The number of amides is 1. The van der Waals surface area contributed by atoms with E-state index in [1.165, 1.54) is 31.5 Å². The van der Waals surface area contributed by atoms with E-state index >= 15 is 0 Å². The second-order valence-corrected chi connectivity index (χ2v) is 9.21. The maximum absolute atomic E-state index is 12.9. The minimum Gasteiger partial charge on any atom is -0.497 e. The van der Waals surface area contributed by atoms with Gasteiger partial charge >= 0.3 is 0 Å². The number of hydrogen-bond donors (Lipinski definition) is 2. The van der Waals surface area contributed by atoms with Crippen molar-refractivity contribution in [3.63, 3.8) is 0 Å². The Labute approximate surface area is 189 Å². The molecule has 3 aromatic rings. The number of nitrogens with one attached hydrogen (secondary N) is 2. The van der Waals surface area contributed by atoms with Gasteiger partial charge in [-0.25, -0.2) is 0 Å². The van der Waals surface area contributed by atoms with Crippen LogP contribution in [0.2, 0.25) is 0 Å². The molecular formula is C26H32N4O2. The number of nitrogens with zero attached hydrogens (tertiary/aromatic N) is 2. The molecule has 2 unspecified atom stereocenters. The van der Waals surface area contributed by atoms with Gasteiger partial charge in [0.1, 0.15) is 11.4 Å². The standard InChI is InChI=1S/C26H32N4O2/c1-17-13-20(29-12-10-21(16-29)30-11-4-5-18(30)2)6-8-23(17)28-26(31)25-15-19-14-22(32-3)7-9-24(19)27-25/h6-9,13-15,18,21,27H,4-5,10-12,16H2,1-3H3,(H,28,31). The Bertz CT molecular complexity index is 1140. The summed E-state index contributed by atoms with van der Waals surface area (Å²) in [6.45, 7) is 7.85. The van der Waals surface area contributed by atoms with E-state index < -0.39 is 0 Å². The van der Waals surface area contributed by atoms with Crippen molar-refractivity contribution in [1.82, 2.24) is 9.88 Å². The number of likely N-dealkylation sites (tertiary alicyclic amines) is 1. The molecule has 2 fully saturated rings. The quantitative estimate of drug-likeness (QED) is 0.608. The predicted molar refractivity (Wildman–Crippen MR) is 130 cm³/mol. The minimum absolute atomic E-state index is 0.139. The second kappa shape index (κ2) is 8.51. The summed E-state index contributed by atoms with van der Waals surface area (Å²) in [6.07, 6.45) is 3.88. The topological polar surface area (TPSA) is 60.6 Å². The molecule has 1 aromatic heterocycles. The van der Waals surface area contributed by atoms with E-state index in [-0.39, 0.29) is 5.91 Å². The summed E-state index contributed by atoms with van der Waals surface area (Å²) < 4.78 is 5.28. The average Bonchev–Trinajstić information content (AvgIpc) is 3.53. The van der Waals surface area contributed by atoms with E-state index in [1.807, 2.05) is 30.3 Å². The molecule has 3 heterocycles. The summed E-state index contributed by atoms with van der Waals surface area (Å²) >= 11 is 0. The van der Waals surface area contributed by atoms with Crippen molar-refractivity contribution < 1.29 is 9.53 Å². The summed E-state index contributed by atoms with van der Waals surface area (Å²) in [7, 11) is 1.64. The van der Waals surface area contributed by atoms with Crippen LogP contribution >= 0.6 is 0 Å². The van der Waals surface area contributed by atoms with E-state index in [2.05, 4.69) is 46.1 Å². The molecule has 2 N–H and O–H groups in total. The van der Waals surface area contributed by atoms with Gasteiger partial charge in [0, 0.05) is 47.5 Å². The summed E-state index contributed by atoms with van der Waals surface area (Å²) in [5.74, 6) is 0.638. The number of carbonyl (C=O) groups excluding carboxylic acids is 1. The lowest BCUT2D eigenvalue weighted by molar-refractivity contribution is 0.102. The molecule has 1 amide bonds. The van der Waals surface area contributed by atoms with Gasteiger partial charge in [0.05, 0.1) is 7.11 Å². The minimum atomic E-state index is -0.139. The van der Waals surface area contributed by atoms with Crippen LogP contribution in [0.15, 0.2) is 42.5 Å². The predicted octanol–water partition coefficient (Wildman–Crippen LogP) is 4.80. The lowest BCUT2D eigenvalue weighted by Gasteiger charge is -2.28. The van der Waals surface area contributed by atoms with E-state index in [1.54, 1.807) is 7.11 Å². The van der Waals surface area contributed by atoms with Gasteiger partial charge in [-0.15, -0.1) is 0 Å². The number of aryl methyl sites for hydroxylation is 1. The van der Waals surface area contributed by atoms with Crippen molar-refractivity contribution in [3.05, 3.63) is 53.7 Å². The maximum Gasteiger partial charge on any atom is 0.272 e. The van der Waals surface area contributed by atoms with E-state index in [0.717, 1.165) is 41.0 Å². The summed E-state index contributed by atoms with van der Waals surface area (Å²) in [4.78, 5) is 21.2. The van der Waals surface area contributed by atoms with Gasteiger partial charge in [0.15, 0.2) is 0 Å². The van der Waals surface area contributed by atoms with Crippen LogP contribution in [0.25, 0.3) is 10.9 Å². The lowest BCUT2D eigenvalue weighted by atomic mass is 10.1. The monoisotopic (exact) mass is 432 g/mol. The van der Waals surface area contributed by atoms with Crippen LogP contribution in [0.5, 0.6) is 5.75 Å². The molecule has 2 saturated heterocycles. The van der Waals surface area contributed by atoms with Crippen LogP contribution in [0.4, 0.5) is 11.4 Å². The first kappa shape index (κ1) is 20.9. The van der Waals surface area contributed by atoms with Gasteiger partial charge < -0.3 is 19.9 Å². The summed E-state index contributed by atoms with van der Waals surface area (Å²) in [5.41, 5.74) is 4.62. The Morgan fingerprint density at radius 1 is 1.12 bits per heavy atom. The number of anilines is 2. The number of H-pyrrole nitrogens is 1. The molecule has 6 nitrogen and oxygen atoms in total. The normalized spacial score (nSPS) is 21.4. The molecule has 0 spiro atoms. The highest BCUT2D eigenvalue weighted by molar-refractivity contribution is 6.06. The summed E-state index contributed by atoms with van der Waals surface area (Å²) in [5, 5.41) is 4.02. The lowest BCUT2D eigenvalue weighted by Crippen LogP contribution is -2.39. The Balaban J connectivity index is 1.27. The van der Waals surface area contributed by atoms with E-state index in [0.29, 0.717) is 17.8 Å². The van der Waals surface area contributed by atoms with Gasteiger partial charge in [-0.2, -0.15) is 0 Å². The highest BCUT2D eigenvalue weighted by atomic mass is 16.5. The molecule has 5 rings (SSSR count). The third-order valence-electron chi connectivity index (χ3n) is 7.13. The third-order valence-corrected chi connectivity index (χ3v) is 7.13. The van der Waals surface area contributed by atoms with Gasteiger partial charge in [0.25, 0.3) is 5.91 Å². The zero-order valence-electron chi connectivity index (χ0n) is 19.1. The second-order valence-electron chi connectivity index (χ2n) is 9.21. The number of carbonyl (C=O) groups is 1. The van der Waals surface area contributed by atoms with Crippen LogP contribution in [0.1, 0.15) is 42.2 Å². The molecule has 2 atom stereocenters. The Hall–Kier alpha value is -2.99. The Kier molecular flexibility index (Phi) is 5.55. The smallest absolute Gasteiger partial charge is 0.272 e. The third kappa shape index (κ3) is 3.95. The first-order valence-corrected chi connectivity index (χ1v) is 11.6. The number of rotatable bonds is 5. The molecular weight excluding hydrogens is 400 g/mol. The molecule has 2 aliphatic rings.